The molecule has 2 amide bonds. The zero-order valence-electron chi connectivity index (χ0n) is 19.3. The van der Waals surface area contributed by atoms with Gasteiger partial charge in [0.2, 0.25) is 0 Å². The number of carbonyl (C=O) groups excluding carboxylic acids is 2. The summed E-state index contributed by atoms with van der Waals surface area (Å²) in [7, 11) is 3.93. The van der Waals surface area contributed by atoms with Crippen LogP contribution in [-0.2, 0) is 14.9 Å². The molecular formula is C22H28ClF4N3O4. The van der Waals surface area contributed by atoms with Crippen molar-refractivity contribution < 1.29 is 36.6 Å². The Morgan fingerprint density at radius 1 is 1.26 bits per heavy atom. The third kappa shape index (κ3) is 5.64. The van der Waals surface area contributed by atoms with Crippen LogP contribution in [0.25, 0.3) is 0 Å². The number of hydrogen-bond acceptors (Lipinski definition) is 5. The summed E-state index contributed by atoms with van der Waals surface area (Å²) < 4.78 is 64.5. The Labute approximate surface area is 200 Å². The van der Waals surface area contributed by atoms with Gasteiger partial charge in [0, 0.05) is 20.7 Å². The molecule has 0 aliphatic heterocycles. The van der Waals surface area contributed by atoms with Crippen molar-refractivity contribution in [2.45, 2.75) is 37.5 Å². The molecule has 0 unspecified atom stereocenters. The fraction of sp³-hybridized carbons (Fsp3) is 0.545. The summed E-state index contributed by atoms with van der Waals surface area (Å²) in [5, 5.41) is 0.923. The highest BCUT2D eigenvalue weighted by molar-refractivity contribution is 6.34. The Morgan fingerprint density at radius 3 is 2.38 bits per heavy atom. The normalized spacial score (nSPS) is 16.1. The SMILES string of the molecule is CNN(CCN(C(=O)OC)/C(=C\CF)[C@@H](C)OC)C(=O)c1c(Cl)cccc1C1(C(F)(F)F)CC1. The van der Waals surface area contributed by atoms with Gasteiger partial charge in [-0.2, -0.15) is 13.2 Å². The zero-order chi connectivity index (χ0) is 25.7. The van der Waals surface area contributed by atoms with Crippen molar-refractivity contribution in [3.8, 4) is 0 Å². The number of hydrogen-bond donors (Lipinski definition) is 1. The Kier molecular flexibility index (Phi) is 9.32. The molecule has 0 spiro atoms. The standard InChI is InChI=1S/C22H28ClF4N3O4/c1-14(33-3)17(8-11-24)29(20(32)34-4)12-13-30(28-2)19(31)18-15(6-5-7-16(18)23)21(9-10-21)22(25,26)27/h5-8,14,28H,9-13H2,1-4H3/b17-8-/t14-/m1/s1. The van der Waals surface area contributed by atoms with E-state index in [1.165, 1.54) is 32.4 Å². The first-order valence-corrected chi connectivity index (χ1v) is 10.9. The van der Waals surface area contributed by atoms with Crippen molar-refractivity contribution in [3.63, 3.8) is 0 Å². The Balaban J connectivity index is 2.37. The molecule has 1 aliphatic carbocycles. The van der Waals surface area contributed by atoms with Gasteiger partial charge in [0.1, 0.15) is 6.67 Å². The lowest BCUT2D eigenvalue weighted by Gasteiger charge is -2.31. The summed E-state index contributed by atoms with van der Waals surface area (Å²) in [4.78, 5) is 26.8. The van der Waals surface area contributed by atoms with E-state index in [0.29, 0.717) is 0 Å². The van der Waals surface area contributed by atoms with Crippen molar-refractivity contribution in [2.75, 3.05) is 41.0 Å². The quantitative estimate of drug-likeness (QED) is 0.372. The Morgan fingerprint density at radius 2 is 1.91 bits per heavy atom. The maximum atomic E-state index is 13.8. The van der Waals surface area contributed by atoms with Crippen LogP contribution in [-0.4, -0.2) is 75.2 Å². The molecule has 1 atom stereocenters. The molecule has 2 rings (SSSR count). The molecule has 34 heavy (non-hydrogen) atoms. The van der Waals surface area contributed by atoms with Crippen LogP contribution in [0, 0.1) is 0 Å². The molecule has 1 aromatic carbocycles. The molecular weight excluding hydrogens is 482 g/mol. The van der Waals surface area contributed by atoms with Gasteiger partial charge < -0.3 is 9.47 Å². The fourth-order valence-corrected chi connectivity index (χ4v) is 4.01. The molecule has 7 nitrogen and oxygen atoms in total. The number of benzene rings is 1. The van der Waals surface area contributed by atoms with Gasteiger partial charge in [-0.3, -0.25) is 14.7 Å². The van der Waals surface area contributed by atoms with Crippen LogP contribution in [0.5, 0.6) is 0 Å². The molecule has 0 saturated heterocycles. The number of halogens is 5. The summed E-state index contributed by atoms with van der Waals surface area (Å²) >= 11 is 6.20. The predicted octanol–water partition coefficient (Wildman–Crippen LogP) is 4.47. The molecule has 0 radical (unpaired) electrons. The first-order valence-electron chi connectivity index (χ1n) is 10.5. The largest absolute Gasteiger partial charge is 0.452 e. The second-order valence-corrected chi connectivity index (χ2v) is 8.11. The molecule has 0 bridgehead atoms. The monoisotopic (exact) mass is 509 g/mol. The molecule has 190 valence electrons. The summed E-state index contributed by atoms with van der Waals surface area (Å²) in [5.41, 5.74) is 0.238. The van der Waals surface area contributed by atoms with Gasteiger partial charge in [-0.05, 0) is 37.5 Å². The molecule has 0 aromatic heterocycles. The highest BCUT2D eigenvalue weighted by atomic mass is 35.5. The van der Waals surface area contributed by atoms with Gasteiger partial charge in [0.25, 0.3) is 5.91 Å². The second kappa shape index (κ2) is 11.4. The lowest BCUT2D eigenvalue weighted by Crippen LogP contribution is -2.47. The number of carbonyl (C=O) groups is 2. The minimum absolute atomic E-state index is 0.117. The van der Waals surface area contributed by atoms with Gasteiger partial charge in [0.15, 0.2) is 0 Å². The van der Waals surface area contributed by atoms with E-state index in [9.17, 15) is 27.2 Å². The van der Waals surface area contributed by atoms with Crippen LogP contribution in [0.15, 0.2) is 30.0 Å². The van der Waals surface area contributed by atoms with Crippen molar-refractivity contribution in [3.05, 3.63) is 46.1 Å². The van der Waals surface area contributed by atoms with Gasteiger partial charge in [-0.25, -0.2) is 14.6 Å². The summed E-state index contributed by atoms with van der Waals surface area (Å²) in [6.07, 6.45) is -5.17. The predicted molar refractivity (Wildman–Crippen MR) is 118 cm³/mol. The number of ether oxygens (including phenoxy) is 2. The first kappa shape index (κ1) is 27.9. The van der Waals surface area contributed by atoms with Crippen LogP contribution in [0.1, 0.15) is 35.7 Å². The number of nitrogens with one attached hydrogen (secondary N) is 1. The van der Waals surface area contributed by atoms with E-state index in [1.54, 1.807) is 6.92 Å². The van der Waals surface area contributed by atoms with E-state index in [2.05, 4.69) is 5.43 Å². The summed E-state index contributed by atoms with van der Waals surface area (Å²) in [6.45, 7) is 0.380. The van der Waals surface area contributed by atoms with Crippen molar-refractivity contribution >= 4 is 23.6 Å². The summed E-state index contributed by atoms with van der Waals surface area (Å²) in [6, 6.07) is 3.99. The van der Waals surface area contributed by atoms with Crippen molar-refractivity contribution in [2.24, 2.45) is 0 Å². The van der Waals surface area contributed by atoms with E-state index >= 15 is 0 Å². The van der Waals surface area contributed by atoms with E-state index in [0.717, 1.165) is 23.1 Å². The first-order chi connectivity index (χ1) is 16.0. The maximum absolute atomic E-state index is 13.8. The second-order valence-electron chi connectivity index (χ2n) is 7.71. The van der Waals surface area contributed by atoms with E-state index < -0.39 is 36.4 Å². The topological polar surface area (TPSA) is 71.1 Å². The van der Waals surface area contributed by atoms with Crippen LogP contribution in [0.4, 0.5) is 22.4 Å². The minimum Gasteiger partial charge on any atom is -0.452 e. The average molecular weight is 510 g/mol. The third-order valence-corrected chi connectivity index (χ3v) is 6.18. The summed E-state index contributed by atoms with van der Waals surface area (Å²) in [5.74, 6) is -0.792. The number of allylic oxidation sites excluding steroid dienone is 1. The third-order valence-electron chi connectivity index (χ3n) is 5.86. The number of amides is 2. The maximum Gasteiger partial charge on any atom is 0.413 e. The number of alkyl halides is 4. The van der Waals surface area contributed by atoms with Crippen LogP contribution >= 0.6 is 11.6 Å². The van der Waals surface area contributed by atoms with Crippen LogP contribution < -0.4 is 5.43 Å². The number of hydrazine groups is 1. The van der Waals surface area contributed by atoms with E-state index in [4.69, 9.17) is 21.1 Å². The lowest BCUT2D eigenvalue weighted by molar-refractivity contribution is -0.160. The van der Waals surface area contributed by atoms with Gasteiger partial charge in [-0.1, -0.05) is 23.7 Å². The van der Waals surface area contributed by atoms with E-state index in [-0.39, 0.29) is 47.8 Å². The Bertz CT molecular complexity index is 922. The van der Waals surface area contributed by atoms with Crippen LogP contribution in [0.3, 0.4) is 0 Å². The molecule has 12 heteroatoms. The van der Waals surface area contributed by atoms with Crippen molar-refractivity contribution in [1.82, 2.24) is 15.3 Å². The highest BCUT2D eigenvalue weighted by Crippen LogP contribution is 2.60. The van der Waals surface area contributed by atoms with Crippen LogP contribution in [0.2, 0.25) is 5.02 Å². The fourth-order valence-electron chi connectivity index (χ4n) is 3.75. The lowest BCUT2D eigenvalue weighted by atomic mass is 9.90. The number of rotatable bonds is 10. The smallest absolute Gasteiger partial charge is 0.413 e. The highest BCUT2D eigenvalue weighted by Gasteiger charge is 2.65. The average Bonchev–Trinajstić information content (AvgIpc) is 3.61. The molecule has 1 aromatic rings. The van der Waals surface area contributed by atoms with E-state index in [1.807, 2.05) is 0 Å². The van der Waals surface area contributed by atoms with Gasteiger partial charge in [-0.15, -0.1) is 0 Å². The Hall–Kier alpha value is -2.37. The number of methoxy groups -OCH3 is 2. The van der Waals surface area contributed by atoms with Crippen molar-refractivity contribution in [1.29, 1.82) is 0 Å². The minimum atomic E-state index is -4.54. The molecule has 1 N–H and O–H groups in total. The molecule has 1 saturated carbocycles. The zero-order valence-corrected chi connectivity index (χ0v) is 20.1. The molecule has 0 heterocycles. The number of nitrogens with zero attached hydrogens (tertiary/aromatic N) is 2. The molecule has 1 aliphatic rings. The van der Waals surface area contributed by atoms with Gasteiger partial charge in [0.05, 0.1) is 41.5 Å². The molecule has 1 fully saturated rings. The van der Waals surface area contributed by atoms with Gasteiger partial charge >= 0.3 is 12.3 Å².